The van der Waals surface area contributed by atoms with Gasteiger partial charge in [-0.25, -0.2) is 9.59 Å². The lowest BCUT2D eigenvalue weighted by Crippen LogP contribution is -2.46. The molecule has 2 aliphatic heterocycles. The topological polar surface area (TPSA) is 77.1 Å². The molecule has 0 aliphatic carbocycles. The summed E-state index contributed by atoms with van der Waals surface area (Å²) in [5, 5.41) is 3.22. The Morgan fingerprint density at radius 2 is 1.72 bits per heavy atom. The van der Waals surface area contributed by atoms with Crippen LogP contribution < -0.4 is 5.32 Å². The number of benzene rings is 1. The fraction of sp³-hybridized carbons (Fsp3) is 0.412. The largest absolute Gasteiger partial charge is 0.419 e. The van der Waals surface area contributed by atoms with Crippen molar-refractivity contribution in [3.63, 3.8) is 0 Å². The second kappa shape index (κ2) is 7.20. The first kappa shape index (κ1) is 18.0. The van der Waals surface area contributed by atoms with Gasteiger partial charge < -0.3 is 24.4 Å². The van der Waals surface area contributed by atoms with Crippen LogP contribution in [0.1, 0.15) is 13.8 Å². The van der Waals surface area contributed by atoms with Gasteiger partial charge in [0.05, 0.1) is 18.9 Å². The van der Waals surface area contributed by atoms with Crippen LogP contribution in [-0.2, 0) is 23.8 Å². The van der Waals surface area contributed by atoms with Crippen molar-refractivity contribution in [2.24, 2.45) is 0 Å². The van der Waals surface area contributed by atoms with Gasteiger partial charge in [0.15, 0.2) is 5.57 Å². The predicted octanol–water partition coefficient (Wildman–Crippen LogP) is 2.08. The highest BCUT2D eigenvalue weighted by atomic mass is 127. The molecule has 8 heteroatoms. The predicted molar refractivity (Wildman–Crippen MR) is 98.5 cm³/mol. The standard InChI is InChI=1S/C17H19IN2O5/c1-17(2)24-15(21)13(16(22)25-17)14(20-7-9-23-10-8-20)19-12-6-4-3-5-11(12)18/h3-6,19H,7-10H2,1-2H3. The number of hydrogen-bond acceptors (Lipinski definition) is 7. The maximum Gasteiger partial charge on any atom is 0.352 e. The molecule has 0 radical (unpaired) electrons. The normalized spacial score (nSPS) is 20.0. The number of cyclic esters (lactones) is 2. The van der Waals surface area contributed by atoms with Gasteiger partial charge in [-0.15, -0.1) is 0 Å². The van der Waals surface area contributed by atoms with E-state index < -0.39 is 17.7 Å². The number of morpholine rings is 1. The van der Waals surface area contributed by atoms with Crippen molar-refractivity contribution in [2.75, 3.05) is 31.6 Å². The van der Waals surface area contributed by atoms with Crippen molar-refractivity contribution in [1.29, 1.82) is 0 Å². The first-order valence-electron chi connectivity index (χ1n) is 7.92. The van der Waals surface area contributed by atoms with Gasteiger partial charge >= 0.3 is 11.9 Å². The zero-order chi connectivity index (χ0) is 18.0. The molecule has 2 fully saturated rings. The fourth-order valence-electron chi connectivity index (χ4n) is 2.62. The Labute approximate surface area is 159 Å². The van der Waals surface area contributed by atoms with E-state index in [0.717, 1.165) is 9.26 Å². The molecule has 0 atom stereocenters. The van der Waals surface area contributed by atoms with Crippen molar-refractivity contribution in [3.05, 3.63) is 39.2 Å². The van der Waals surface area contributed by atoms with E-state index in [1.165, 1.54) is 13.8 Å². The minimum Gasteiger partial charge on any atom is -0.419 e. The van der Waals surface area contributed by atoms with E-state index in [-0.39, 0.29) is 5.57 Å². The molecular weight excluding hydrogens is 439 g/mol. The average molecular weight is 458 g/mol. The number of rotatable bonds is 3. The van der Waals surface area contributed by atoms with Crippen LogP contribution in [0, 0.1) is 3.57 Å². The Hall–Kier alpha value is -1.81. The summed E-state index contributed by atoms with van der Waals surface area (Å²) in [6, 6.07) is 7.62. The van der Waals surface area contributed by atoms with Crippen molar-refractivity contribution < 1.29 is 23.8 Å². The first-order chi connectivity index (χ1) is 11.9. The molecular formula is C17H19IN2O5. The quantitative estimate of drug-likeness (QED) is 0.322. The third-order valence-electron chi connectivity index (χ3n) is 3.78. The fourth-order valence-corrected chi connectivity index (χ4v) is 3.15. The van der Waals surface area contributed by atoms with Crippen molar-refractivity contribution in [1.82, 2.24) is 4.90 Å². The number of halogens is 1. The van der Waals surface area contributed by atoms with Crippen molar-refractivity contribution in [3.8, 4) is 0 Å². The molecule has 2 heterocycles. The third kappa shape index (κ3) is 4.06. The molecule has 2 saturated heterocycles. The number of ether oxygens (including phenoxy) is 3. The number of nitrogens with one attached hydrogen (secondary N) is 1. The number of hydrogen-bond donors (Lipinski definition) is 1. The Bertz CT molecular complexity index is 704. The van der Waals surface area contributed by atoms with E-state index in [0.29, 0.717) is 32.1 Å². The van der Waals surface area contributed by atoms with Crippen LogP contribution in [0.25, 0.3) is 0 Å². The van der Waals surface area contributed by atoms with Crippen LogP contribution >= 0.6 is 22.6 Å². The molecule has 0 amide bonds. The summed E-state index contributed by atoms with van der Waals surface area (Å²) in [5.41, 5.74) is 0.670. The SMILES string of the molecule is CC1(C)OC(=O)C(=C(Nc2ccccc2I)N2CCOCC2)C(=O)O1. The molecule has 134 valence electrons. The Balaban J connectivity index is 2.02. The molecule has 3 rings (SSSR count). The first-order valence-corrected chi connectivity index (χ1v) is 9.00. The van der Waals surface area contributed by atoms with Gasteiger partial charge in [-0.1, -0.05) is 12.1 Å². The third-order valence-corrected chi connectivity index (χ3v) is 4.72. The molecule has 2 aliphatic rings. The highest BCUT2D eigenvalue weighted by Gasteiger charge is 2.42. The average Bonchev–Trinajstić information content (AvgIpc) is 2.55. The molecule has 1 aromatic rings. The van der Waals surface area contributed by atoms with Crippen molar-refractivity contribution >= 4 is 40.2 Å². The van der Waals surface area contributed by atoms with Crippen LogP contribution in [0.15, 0.2) is 35.7 Å². The minimum atomic E-state index is -1.27. The Kier molecular flexibility index (Phi) is 5.19. The monoisotopic (exact) mass is 458 g/mol. The molecule has 1 aromatic carbocycles. The highest BCUT2D eigenvalue weighted by Crippen LogP contribution is 2.28. The summed E-state index contributed by atoms with van der Waals surface area (Å²) in [7, 11) is 0. The van der Waals surface area contributed by atoms with Crippen LogP contribution in [0.2, 0.25) is 0 Å². The molecule has 25 heavy (non-hydrogen) atoms. The van der Waals surface area contributed by atoms with Gasteiger partial charge in [0.1, 0.15) is 5.82 Å². The number of anilines is 1. The zero-order valence-corrected chi connectivity index (χ0v) is 16.2. The number of esters is 2. The molecule has 0 bridgehead atoms. The maximum absolute atomic E-state index is 12.5. The number of nitrogens with zero attached hydrogens (tertiary/aromatic N) is 1. The smallest absolute Gasteiger partial charge is 0.352 e. The lowest BCUT2D eigenvalue weighted by atomic mass is 10.2. The lowest BCUT2D eigenvalue weighted by Gasteiger charge is -2.35. The summed E-state index contributed by atoms with van der Waals surface area (Å²) in [4.78, 5) is 26.9. The molecule has 7 nitrogen and oxygen atoms in total. The summed E-state index contributed by atoms with van der Waals surface area (Å²) < 4.78 is 16.8. The van der Waals surface area contributed by atoms with Crippen LogP contribution in [0.3, 0.4) is 0 Å². The van der Waals surface area contributed by atoms with Gasteiger partial charge in [-0.05, 0) is 34.7 Å². The summed E-state index contributed by atoms with van der Waals surface area (Å²) in [6.45, 7) is 5.20. The van der Waals surface area contributed by atoms with Crippen LogP contribution in [0.5, 0.6) is 0 Å². The van der Waals surface area contributed by atoms with Crippen LogP contribution in [0.4, 0.5) is 5.69 Å². The van der Waals surface area contributed by atoms with Gasteiger partial charge in [0.2, 0.25) is 0 Å². The number of carbonyl (C=O) groups is 2. The summed E-state index contributed by atoms with van der Waals surface area (Å²) in [5.74, 6) is -2.27. The van der Waals surface area contributed by atoms with Crippen molar-refractivity contribution in [2.45, 2.75) is 19.6 Å². The van der Waals surface area contributed by atoms with Gasteiger partial charge in [-0.2, -0.15) is 0 Å². The summed E-state index contributed by atoms with van der Waals surface area (Å²) in [6.07, 6.45) is 0. The zero-order valence-electron chi connectivity index (χ0n) is 14.0. The van der Waals surface area contributed by atoms with Crippen LogP contribution in [-0.4, -0.2) is 48.9 Å². The maximum atomic E-state index is 12.5. The van der Waals surface area contributed by atoms with Gasteiger partial charge in [0.25, 0.3) is 5.79 Å². The van der Waals surface area contributed by atoms with Gasteiger partial charge in [-0.3, -0.25) is 0 Å². The lowest BCUT2D eigenvalue weighted by molar-refractivity contribution is -0.222. The van der Waals surface area contributed by atoms with E-state index >= 15 is 0 Å². The molecule has 0 aromatic heterocycles. The molecule has 0 saturated carbocycles. The molecule has 0 unspecified atom stereocenters. The van der Waals surface area contributed by atoms with E-state index in [9.17, 15) is 9.59 Å². The Morgan fingerprint density at radius 1 is 1.12 bits per heavy atom. The second-order valence-electron chi connectivity index (χ2n) is 6.11. The van der Waals surface area contributed by atoms with Gasteiger partial charge in [0, 0.05) is 30.5 Å². The Morgan fingerprint density at radius 3 is 2.32 bits per heavy atom. The highest BCUT2D eigenvalue weighted by molar-refractivity contribution is 14.1. The minimum absolute atomic E-state index is 0.124. The molecule has 1 N–H and O–H groups in total. The summed E-state index contributed by atoms with van der Waals surface area (Å²) >= 11 is 2.19. The van der Waals surface area contributed by atoms with E-state index in [4.69, 9.17) is 14.2 Å². The molecule has 0 spiro atoms. The second-order valence-corrected chi connectivity index (χ2v) is 7.27. The van der Waals surface area contributed by atoms with E-state index in [2.05, 4.69) is 27.9 Å². The van der Waals surface area contributed by atoms with E-state index in [1.54, 1.807) is 0 Å². The van der Waals surface area contributed by atoms with E-state index in [1.807, 2.05) is 29.2 Å². The number of para-hydroxylation sites is 1. The number of carbonyl (C=O) groups excluding carboxylic acids is 2.